The quantitative estimate of drug-likeness (QED) is 0.772. The topological polar surface area (TPSA) is 87.2 Å². The first-order valence-electron chi connectivity index (χ1n) is 6.94. The van der Waals surface area contributed by atoms with Crippen LogP contribution in [-0.4, -0.2) is 30.7 Å². The van der Waals surface area contributed by atoms with Crippen molar-refractivity contribution < 1.29 is 18.3 Å². The van der Waals surface area contributed by atoms with Crippen molar-refractivity contribution in [3.63, 3.8) is 0 Å². The van der Waals surface area contributed by atoms with Gasteiger partial charge >= 0.3 is 5.97 Å². The van der Waals surface area contributed by atoms with Crippen molar-refractivity contribution in [2.75, 3.05) is 6.26 Å². The Hall–Kier alpha value is -2.60. The maximum atomic E-state index is 11.8. The molecule has 0 spiro atoms. The standard InChI is InChI=1S/C17H15NO4S/c1-10-5-3-8-13-14(16(17(19)20)18-15(10)13)11-6-4-7-12(9-11)23(2,21)22/h3-9,18H,1-2H3,(H,19,20). The maximum Gasteiger partial charge on any atom is 0.352 e. The first kappa shape index (κ1) is 15.3. The monoisotopic (exact) mass is 329 g/mol. The summed E-state index contributed by atoms with van der Waals surface area (Å²) in [4.78, 5) is 14.7. The molecule has 0 bridgehead atoms. The molecule has 118 valence electrons. The molecule has 0 aliphatic carbocycles. The van der Waals surface area contributed by atoms with Gasteiger partial charge in [-0.05, 0) is 30.2 Å². The van der Waals surface area contributed by atoms with Gasteiger partial charge in [0.2, 0.25) is 0 Å². The molecule has 5 nitrogen and oxygen atoms in total. The minimum Gasteiger partial charge on any atom is -0.477 e. The summed E-state index contributed by atoms with van der Waals surface area (Å²) < 4.78 is 23.5. The van der Waals surface area contributed by atoms with Crippen molar-refractivity contribution in [3.8, 4) is 11.1 Å². The highest BCUT2D eigenvalue weighted by Gasteiger charge is 2.20. The Balaban J connectivity index is 2.38. The third kappa shape index (κ3) is 2.61. The minimum absolute atomic E-state index is 0.0555. The van der Waals surface area contributed by atoms with Gasteiger partial charge in [-0.15, -0.1) is 0 Å². The molecule has 23 heavy (non-hydrogen) atoms. The van der Waals surface area contributed by atoms with E-state index in [1.165, 1.54) is 12.1 Å². The second-order valence-electron chi connectivity index (χ2n) is 5.48. The molecule has 0 aliphatic rings. The molecule has 3 aromatic rings. The van der Waals surface area contributed by atoms with Gasteiger partial charge in [0.1, 0.15) is 5.69 Å². The molecular weight excluding hydrogens is 314 g/mol. The predicted molar refractivity (Wildman–Crippen MR) is 88.5 cm³/mol. The van der Waals surface area contributed by atoms with Crippen LogP contribution in [0, 0.1) is 6.92 Å². The second-order valence-corrected chi connectivity index (χ2v) is 7.49. The number of rotatable bonds is 3. The molecule has 1 aromatic heterocycles. The van der Waals surface area contributed by atoms with Crippen LogP contribution >= 0.6 is 0 Å². The Morgan fingerprint density at radius 1 is 1.13 bits per heavy atom. The summed E-state index contributed by atoms with van der Waals surface area (Å²) in [5.74, 6) is -1.08. The van der Waals surface area contributed by atoms with Crippen LogP contribution in [0.25, 0.3) is 22.0 Å². The molecule has 0 saturated heterocycles. The number of aryl methyl sites for hydroxylation is 1. The number of hydrogen-bond donors (Lipinski definition) is 2. The van der Waals surface area contributed by atoms with Gasteiger partial charge in [0.15, 0.2) is 9.84 Å². The van der Waals surface area contributed by atoms with Crippen LogP contribution in [0.4, 0.5) is 0 Å². The van der Waals surface area contributed by atoms with Crippen LogP contribution in [0.5, 0.6) is 0 Å². The van der Waals surface area contributed by atoms with Gasteiger partial charge in [-0.25, -0.2) is 13.2 Å². The number of H-pyrrole nitrogens is 1. The number of aromatic carboxylic acids is 1. The predicted octanol–water partition coefficient (Wildman–Crippen LogP) is 3.25. The van der Waals surface area contributed by atoms with Crippen molar-refractivity contribution in [1.82, 2.24) is 4.98 Å². The summed E-state index contributed by atoms with van der Waals surface area (Å²) >= 11 is 0. The summed E-state index contributed by atoms with van der Waals surface area (Å²) in [5, 5.41) is 10.3. The van der Waals surface area contributed by atoms with Crippen molar-refractivity contribution in [2.24, 2.45) is 0 Å². The van der Waals surface area contributed by atoms with Gasteiger partial charge in [0.05, 0.1) is 4.90 Å². The fourth-order valence-corrected chi connectivity index (χ4v) is 3.37. The smallest absolute Gasteiger partial charge is 0.352 e. The maximum absolute atomic E-state index is 11.8. The van der Waals surface area contributed by atoms with E-state index in [9.17, 15) is 18.3 Å². The van der Waals surface area contributed by atoms with Crippen LogP contribution in [0.15, 0.2) is 47.4 Å². The van der Waals surface area contributed by atoms with E-state index in [-0.39, 0.29) is 10.6 Å². The zero-order valence-corrected chi connectivity index (χ0v) is 13.4. The highest BCUT2D eigenvalue weighted by Crippen LogP contribution is 2.34. The molecule has 2 N–H and O–H groups in total. The van der Waals surface area contributed by atoms with Crippen molar-refractivity contribution in [3.05, 3.63) is 53.7 Å². The Morgan fingerprint density at radius 3 is 2.48 bits per heavy atom. The fraction of sp³-hybridized carbons (Fsp3) is 0.118. The van der Waals surface area contributed by atoms with E-state index in [0.29, 0.717) is 11.1 Å². The van der Waals surface area contributed by atoms with Gasteiger partial charge in [0, 0.05) is 22.7 Å². The number of carbonyl (C=O) groups is 1. The fourth-order valence-electron chi connectivity index (χ4n) is 2.71. The SMILES string of the molecule is Cc1cccc2c(-c3cccc(S(C)(=O)=O)c3)c(C(=O)O)[nH]c12. The Kier molecular flexibility index (Phi) is 3.49. The summed E-state index contributed by atoms with van der Waals surface area (Å²) in [6, 6.07) is 11.9. The lowest BCUT2D eigenvalue weighted by atomic mass is 10.0. The lowest BCUT2D eigenvalue weighted by Gasteiger charge is -2.05. The molecule has 1 heterocycles. The van der Waals surface area contributed by atoms with E-state index in [1.54, 1.807) is 12.1 Å². The number of carboxylic acids is 1. The van der Waals surface area contributed by atoms with E-state index >= 15 is 0 Å². The van der Waals surface area contributed by atoms with Crippen LogP contribution < -0.4 is 0 Å². The molecule has 0 unspecified atom stereocenters. The summed E-state index contributed by atoms with van der Waals surface area (Å²) in [6.07, 6.45) is 1.13. The molecular formula is C17H15NO4S. The molecule has 0 atom stereocenters. The van der Waals surface area contributed by atoms with Crippen molar-refractivity contribution in [1.29, 1.82) is 0 Å². The normalized spacial score (nSPS) is 11.7. The van der Waals surface area contributed by atoms with Crippen LogP contribution in [0.2, 0.25) is 0 Å². The van der Waals surface area contributed by atoms with Gasteiger partial charge in [0.25, 0.3) is 0 Å². The summed E-state index contributed by atoms with van der Waals surface area (Å²) in [5.41, 5.74) is 2.78. The van der Waals surface area contributed by atoms with E-state index in [1.807, 2.05) is 25.1 Å². The number of nitrogens with one attached hydrogen (secondary N) is 1. The molecule has 0 radical (unpaired) electrons. The largest absolute Gasteiger partial charge is 0.477 e. The molecule has 3 rings (SSSR count). The number of benzene rings is 2. The third-order valence-corrected chi connectivity index (χ3v) is 4.92. The second kappa shape index (κ2) is 5.24. The van der Waals surface area contributed by atoms with Crippen molar-refractivity contribution in [2.45, 2.75) is 11.8 Å². The van der Waals surface area contributed by atoms with E-state index in [2.05, 4.69) is 4.98 Å². The number of aromatic amines is 1. The number of para-hydroxylation sites is 1. The van der Waals surface area contributed by atoms with Crippen LogP contribution in [0.3, 0.4) is 0 Å². The average Bonchev–Trinajstić information content (AvgIpc) is 2.88. The van der Waals surface area contributed by atoms with E-state index in [0.717, 1.165) is 22.7 Å². The Morgan fingerprint density at radius 2 is 1.83 bits per heavy atom. The molecule has 6 heteroatoms. The minimum atomic E-state index is -3.37. The zero-order chi connectivity index (χ0) is 16.8. The zero-order valence-electron chi connectivity index (χ0n) is 12.6. The highest BCUT2D eigenvalue weighted by atomic mass is 32.2. The van der Waals surface area contributed by atoms with Gasteiger partial charge in [-0.3, -0.25) is 0 Å². The summed E-state index contributed by atoms with van der Waals surface area (Å²) in [7, 11) is -3.37. The molecule has 0 amide bonds. The van der Waals surface area contributed by atoms with Crippen LogP contribution in [0.1, 0.15) is 16.1 Å². The molecule has 0 saturated carbocycles. The van der Waals surface area contributed by atoms with Gasteiger partial charge in [-0.1, -0.05) is 30.3 Å². The highest BCUT2D eigenvalue weighted by molar-refractivity contribution is 7.90. The van der Waals surface area contributed by atoms with Gasteiger partial charge < -0.3 is 10.1 Å². The number of hydrogen-bond acceptors (Lipinski definition) is 3. The first-order chi connectivity index (χ1) is 10.8. The summed E-state index contributed by atoms with van der Waals surface area (Å²) in [6.45, 7) is 1.89. The third-order valence-electron chi connectivity index (χ3n) is 3.81. The molecule has 0 aliphatic heterocycles. The Labute approximate surface area is 133 Å². The lowest BCUT2D eigenvalue weighted by molar-refractivity contribution is 0.0692. The number of carboxylic acid groups (broad SMARTS) is 1. The first-order valence-corrected chi connectivity index (χ1v) is 8.83. The lowest BCUT2D eigenvalue weighted by Crippen LogP contribution is -2.00. The molecule has 0 fully saturated rings. The Bertz CT molecular complexity index is 1030. The van der Waals surface area contributed by atoms with Crippen LogP contribution in [-0.2, 0) is 9.84 Å². The number of sulfone groups is 1. The van der Waals surface area contributed by atoms with Crippen molar-refractivity contribution >= 4 is 26.7 Å². The van der Waals surface area contributed by atoms with Gasteiger partial charge in [-0.2, -0.15) is 0 Å². The number of fused-ring (bicyclic) bond motifs is 1. The average molecular weight is 329 g/mol. The van der Waals surface area contributed by atoms with E-state index < -0.39 is 15.8 Å². The number of aromatic nitrogens is 1. The molecule has 2 aromatic carbocycles. The van der Waals surface area contributed by atoms with E-state index in [4.69, 9.17) is 0 Å².